The summed E-state index contributed by atoms with van der Waals surface area (Å²) in [6, 6.07) is 0. The van der Waals surface area contributed by atoms with Gasteiger partial charge in [-0.15, -0.1) is 6.42 Å². The van der Waals surface area contributed by atoms with Crippen LogP contribution < -0.4 is 0 Å². The first-order valence-electron chi connectivity index (χ1n) is 4.07. The van der Waals surface area contributed by atoms with E-state index < -0.39 is 0 Å². The SMILES string of the molecule is C#C/C(C)=C\COC(C)OCC. The average Bonchev–Trinajstić information content (AvgIpc) is 2.04. The van der Waals surface area contributed by atoms with Crippen molar-refractivity contribution in [3.63, 3.8) is 0 Å². The second-order valence-corrected chi connectivity index (χ2v) is 2.39. The molecule has 12 heavy (non-hydrogen) atoms. The molecular formula is C10H16O2. The van der Waals surface area contributed by atoms with E-state index in [2.05, 4.69) is 5.92 Å². The first-order chi connectivity index (χ1) is 5.70. The lowest BCUT2D eigenvalue weighted by Gasteiger charge is -2.10. The molecule has 0 aliphatic carbocycles. The van der Waals surface area contributed by atoms with Crippen molar-refractivity contribution < 1.29 is 9.47 Å². The number of ether oxygens (including phenoxy) is 2. The summed E-state index contributed by atoms with van der Waals surface area (Å²) < 4.78 is 10.4. The Morgan fingerprint density at radius 2 is 2.25 bits per heavy atom. The van der Waals surface area contributed by atoms with Crippen molar-refractivity contribution in [1.82, 2.24) is 0 Å². The molecule has 0 saturated carbocycles. The second-order valence-electron chi connectivity index (χ2n) is 2.39. The summed E-state index contributed by atoms with van der Waals surface area (Å²) in [7, 11) is 0. The molecule has 68 valence electrons. The zero-order valence-corrected chi connectivity index (χ0v) is 7.96. The number of allylic oxidation sites excluding steroid dienone is 1. The van der Waals surface area contributed by atoms with Gasteiger partial charge in [-0.3, -0.25) is 0 Å². The van der Waals surface area contributed by atoms with Gasteiger partial charge < -0.3 is 9.47 Å². The van der Waals surface area contributed by atoms with Crippen molar-refractivity contribution in [3.8, 4) is 12.3 Å². The number of rotatable bonds is 5. The van der Waals surface area contributed by atoms with Gasteiger partial charge in [-0.05, 0) is 32.4 Å². The van der Waals surface area contributed by atoms with E-state index in [1.165, 1.54) is 0 Å². The van der Waals surface area contributed by atoms with Gasteiger partial charge in [-0.25, -0.2) is 0 Å². The minimum atomic E-state index is -0.156. The average molecular weight is 168 g/mol. The monoisotopic (exact) mass is 168 g/mol. The van der Waals surface area contributed by atoms with E-state index in [0.29, 0.717) is 13.2 Å². The molecule has 0 aromatic carbocycles. The molecule has 2 heteroatoms. The summed E-state index contributed by atoms with van der Waals surface area (Å²) in [5.74, 6) is 2.51. The summed E-state index contributed by atoms with van der Waals surface area (Å²) in [6.07, 6.45) is 6.84. The molecule has 0 radical (unpaired) electrons. The number of hydrogen-bond donors (Lipinski definition) is 0. The van der Waals surface area contributed by atoms with Crippen LogP contribution in [0.4, 0.5) is 0 Å². The minimum absolute atomic E-state index is 0.156. The highest BCUT2D eigenvalue weighted by molar-refractivity contribution is 5.22. The van der Waals surface area contributed by atoms with E-state index in [1.54, 1.807) is 0 Å². The quantitative estimate of drug-likeness (QED) is 0.461. The smallest absolute Gasteiger partial charge is 0.155 e. The lowest BCUT2D eigenvalue weighted by atomic mass is 10.3. The van der Waals surface area contributed by atoms with Gasteiger partial charge in [0, 0.05) is 6.61 Å². The summed E-state index contributed by atoms with van der Waals surface area (Å²) in [6.45, 7) is 6.84. The number of hydrogen-bond acceptors (Lipinski definition) is 2. The fourth-order valence-electron chi connectivity index (χ4n) is 0.650. The molecule has 0 N–H and O–H groups in total. The topological polar surface area (TPSA) is 18.5 Å². The fraction of sp³-hybridized carbons (Fsp3) is 0.600. The van der Waals surface area contributed by atoms with Gasteiger partial charge in [0.25, 0.3) is 0 Å². The summed E-state index contributed by atoms with van der Waals surface area (Å²) in [5.41, 5.74) is 0.888. The van der Waals surface area contributed by atoms with Crippen molar-refractivity contribution in [3.05, 3.63) is 11.6 Å². The molecule has 0 saturated heterocycles. The first kappa shape index (κ1) is 11.2. The maximum absolute atomic E-state index is 5.26. The molecule has 2 nitrogen and oxygen atoms in total. The van der Waals surface area contributed by atoms with Gasteiger partial charge in [0.15, 0.2) is 6.29 Å². The van der Waals surface area contributed by atoms with Gasteiger partial charge in [-0.2, -0.15) is 0 Å². The Morgan fingerprint density at radius 1 is 1.58 bits per heavy atom. The van der Waals surface area contributed by atoms with E-state index in [0.717, 1.165) is 5.57 Å². The van der Waals surface area contributed by atoms with Crippen LogP contribution in [-0.4, -0.2) is 19.5 Å². The molecule has 0 aliphatic rings. The third-order valence-electron chi connectivity index (χ3n) is 1.35. The van der Waals surface area contributed by atoms with Crippen molar-refractivity contribution in [2.24, 2.45) is 0 Å². The van der Waals surface area contributed by atoms with E-state index in [9.17, 15) is 0 Å². The molecule has 0 aliphatic heterocycles. The molecule has 0 rings (SSSR count). The molecule has 0 fully saturated rings. The normalized spacial score (nSPS) is 14.0. The van der Waals surface area contributed by atoms with Gasteiger partial charge in [0.2, 0.25) is 0 Å². The predicted molar refractivity (Wildman–Crippen MR) is 49.6 cm³/mol. The standard InChI is InChI=1S/C10H16O2/c1-5-9(3)7-8-12-10(4)11-6-2/h1,7,10H,6,8H2,2-4H3/b9-7-. The second kappa shape index (κ2) is 6.90. The largest absolute Gasteiger partial charge is 0.353 e. The van der Waals surface area contributed by atoms with E-state index in [1.807, 2.05) is 26.8 Å². The Kier molecular flexibility index (Phi) is 6.45. The summed E-state index contributed by atoms with van der Waals surface area (Å²) in [4.78, 5) is 0. The van der Waals surface area contributed by atoms with E-state index in [4.69, 9.17) is 15.9 Å². The fourth-order valence-corrected chi connectivity index (χ4v) is 0.650. The Hall–Kier alpha value is -0.780. The van der Waals surface area contributed by atoms with Crippen LogP contribution >= 0.6 is 0 Å². The molecule has 0 heterocycles. The van der Waals surface area contributed by atoms with Crippen molar-refractivity contribution in [2.75, 3.05) is 13.2 Å². The van der Waals surface area contributed by atoms with Gasteiger partial charge in [-0.1, -0.05) is 5.92 Å². The Morgan fingerprint density at radius 3 is 2.75 bits per heavy atom. The molecule has 1 atom stereocenters. The van der Waals surface area contributed by atoms with Crippen molar-refractivity contribution in [2.45, 2.75) is 27.1 Å². The maximum atomic E-state index is 5.26. The van der Waals surface area contributed by atoms with Crippen LogP contribution in [-0.2, 0) is 9.47 Å². The Labute approximate surface area is 74.6 Å². The van der Waals surface area contributed by atoms with Gasteiger partial charge >= 0.3 is 0 Å². The minimum Gasteiger partial charge on any atom is -0.353 e. The third kappa shape index (κ3) is 5.96. The third-order valence-corrected chi connectivity index (χ3v) is 1.35. The van der Waals surface area contributed by atoms with E-state index >= 15 is 0 Å². The highest BCUT2D eigenvalue weighted by Gasteiger charge is 1.97. The zero-order valence-electron chi connectivity index (χ0n) is 7.96. The molecule has 0 amide bonds. The maximum Gasteiger partial charge on any atom is 0.155 e. The van der Waals surface area contributed by atoms with Crippen LogP contribution in [0.25, 0.3) is 0 Å². The van der Waals surface area contributed by atoms with Crippen LogP contribution in [0.15, 0.2) is 11.6 Å². The molecule has 0 spiro atoms. The number of terminal acetylenes is 1. The first-order valence-corrected chi connectivity index (χ1v) is 4.07. The van der Waals surface area contributed by atoms with Crippen LogP contribution in [0, 0.1) is 12.3 Å². The predicted octanol–water partition coefficient (Wildman–Crippen LogP) is 1.97. The highest BCUT2D eigenvalue weighted by atomic mass is 16.7. The van der Waals surface area contributed by atoms with Gasteiger partial charge in [0.1, 0.15) is 0 Å². The van der Waals surface area contributed by atoms with Gasteiger partial charge in [0.05, 0.1) is 6.61 Å². The summed E-state index contributed by atoms with van der Waals surface area (Å²) >= 11 is 0. The Balaban J connectivity index is 3.50. The van der Waals surface area contributed by atoms with Crippen LogP contribution in [0.1, 0.15) is 20.8 Å². The zero-order chi connectivity index (χ0) is 9.40. The van der Waals surface area contributed by atoms with Crippen molar-refractivity contribution in [1.29, 1.82) is 0 Å². The van der Waals surface area contributed by atoms with E-state index in [-0.39, 0.29) is 6.29 Å². The van der Waals surface area contributed by atoms with Crippen molar-refractivity contribution >= 4 is 0 Å². The molecule has 1 unspecified atom stereocenters. The highest BCUT2D eigenvalue weighted by Crippen LogP contribution is 1.95. The molecule has 0 bridgehead atoms. The Bertz CT molecular complexity index is 177. The van der Waals surface area contributed by atoms with Crippen LogP contribution in [0.3, 0.4) is 0 Å². The lowest BCUT2D eigenvalue weighted by Crippen LogP contribution is -2.12. The van der Waals surface area contributed by atoms with Crippen LogP contribution in [0.5, 0.6) is 0 Å². The molecular weight excluding hydrogens is 152 g/mol. The molecule has 0 aromatic heterocycles. The molecule has 0 aromatic rings. The summed E-state index contributed by atoms with van der Waals surface area (Å²) in [5, 5.41) is 0. The van der Waals surface area contributed by atoms with Crippen LogP contribution in [0.2, 0.25) is 0 Å². The lowest BCUT2D eigenvalue weighted by molar-refractivity contribution is -0.118.